The molecule has 0 fully saturated rings. The van der Waals surface area contributed by atoms with Crippen LogP contribution in [0.15, 0.2) is 0 Å². The Hall–Kier alpha value is -0.920. The smallest absolute Gasteiger partial charge is 0.248 e. The molecule has 0 spiro atoms. The first kappa shape index (κ1) is 7.19. The highest BCUT2D eigenvalue weighted by Crippen LogP contribution is 2.02. The molecule has 0 atom stereocenters. The summed E-state index contributed by atoms with van der Waals surface area (Å²) in [4.78, 5) is 4.08. The van der Waals surface area contributed by atoms with Gasteiger partial charge in [-0.3, -0.25) is 0 Å². The van der Waals surface area contributed by atoms with Crippen LogP contribution in [-0.4, -0.2) is 4.98 Å². The average Bonchev–Trinajstić information content (AvgIpc) is 1.93. The summed E-state index contributed by atoms with van der Waals surface area (Å²) in [6, 6.07) is 0. The molecule has 1 heterocycles. The van der Waals surface area contributed by atoms with Gasteiger partial charge in [-0.2, -0.15) is 4.98 Å². The second-order valence-electron chi connectivity index (χ2n) is 2.57. The van der Waals surface area contributed by atoms with E-state index in [-0.39, 0.29) is 0 Å². The van der Waals surface area contributed by atoms with Crippen LogP contribution in [0.5, 0.6) is 0 Å². The monoisotopic (exact) mass is 136 g/mol. The van der Waals surface area contributed by atoms with E-state index in [1.807, 2.05) is 18.5 Å². The highest BCUT2D eigenvalue weighted by Gasteiger charge is 1.97. The lowest BCUT2D eigenvalue weighted by atomic mass is 10.2. The lowest BCUT2D eigenvalue weighted by Crippen LogP contribution is -2.34. The minimum atomic E-state index is 1.07. The molecule has 0 aliphatic rings. The number of hydrogen-bond acceptors (Lipinski definition) is 1. The van der Waals surface area contributed by atoms with Gasteiger partial charge in [0, 0.05) is 5.69 Å². The molecule has 0 amide bonds. The topological polar surface area (TPSA) is 16.8 Å². The largest absolute Gasteiger partial charge is 0.341 e. The van der Waals surface area contributed by atoms with Crippen LogP contribution in [0.4, 0.5) is 0 Å². The van der Waals surface area contributed by atoms with Gasteiger partial charge < -0.3 is 4.57 Å². The van der Waals surface area contributed by atoms with Crippen LogP contribution in [0, 0.1) is 27.1 Å². The van der Waals surface area contributed by atoms with Crippen LogP contribution in [0.3, 0.4) is 0 Å². The molecule has 0 unspecified atom stereocenters. The van der Waals surface area contributed by atoms with Crippen molar-refractivity contribution < 1.29 is 4.57 Å². The number of aryl methyl sites for hydroxylation is 2. The maximum atomic E-state index is 4.08. The standard InChI is InChI=1S/C8H12N2/c1-6-7(2)9-5-10(4)8(6)3/h1-4H3. The van der Waals surface area contributed by atoms with E-state index in [1.165, 1.54) is 11.3 Å². The van der Waals surface area contributed by atoms with Crippen LogP contribution >= 0.6 is 0 Å². The molecule has 0 radical (unpaired) electrons. The van der Waals surface area contributed by atoms with Gasteiger partial charge in [-0.1, -0.05) is 12.5 Å². The third-order valence-electron chi connectivity index (χ3n) is 1.96. The Kier molecular flexibility index (Phi) is 1.70. The molecule has 0 bridgehead atoms. The molecule has 1 aromatic rings. The molecule has 0 aliphatic carbocycles. The Morgan fingerprint density at radius 2 is 1.90 bits per heavy atom. The van der Waals surface area contributed by atoms with Gasteiger partial charge in [-0.25, -0.2) is 0 Å². The predicted molar refractivity (Wildman–Crippen MR) is 38.5 cm³/mol. The number of nitrogens with zero attached hydrogens (tertiary/aromatic N) is 2. The van der Waals surface area contributed by atoms with Crippen molar-refractivity contribution >= 4 is 0 Å². The lowest BCUT2D eigenvalue weighted by Gasteiger charge is -2.08. The number of rotatable bonds is 0. The van der Waals surface area contributed by atoms with Gasteiger partial charge in [0.05, 0.1) is 7.05 Å². The second kappa shape index (κ2) is 2.37. The molecule has 10 heavy (non-hydrogen) atoms. The van der Waals surface area contributed by atoms with E-state index in [4.69, 9.17) is 0 Å². The molecule has 0 saturated carbocycles. The summed E-state index contributed by atoms with van der Waals surface area (Å²) in [5, 5.41) is 0. The molecule has 2 nitrogen and oxygen atoms in total. The van der Waals surface area contributed by atoms with Crippen LogP contribution < -0.4 is 4.57 Å². The SMILES string of the molecule is Cc1n[c-][n+](C)c(C)c1C. The zero-order valence-electron chi connectivity index (χ0n) is 6.89. The van der Waals surface area contributed by atoms with Gasteiger partial charge in [0.2, 0.25) is 6.33 Å². The predicted octanol–water partition coefficient (Wildman–Crippen LogP) is 0.632. The number of hydrogen-bond donors (Lipinski definition) is 0. The van der Waals surface area contributed by atoms with Crippen molar-refractivity contribution in [1.82, 2.24) is 4.98 Å². The fraction of sp³-hybridized carbons (Fsp3) is 0.500. The summed E-state index contributed by atoms with van der Waals surface area (Å²) in [6.45, 7) is 6.14. The zero-order valence-corrected chi connectivity index (χ0v) is 6.89. The molecule has 2 heteroatoms. The summed E-state index contributed by atoms with van der Waals surface area (Å²) < 4.78 is 1.91. The molecule has 1 rings (SSSR count). The molecule has 0 aromatic carbocycles. The van der Waals surface area contributed by atoms with Crippen molar-refractivity contribution in [3.05, 3.63) is 23.3 Å². The van der Waals surface area contributed by atoms with E-state index < -0.39 is 0 Å². The maximum Gasteiger partial charge on any atom is 0.248 e. The molecule has 0 saturated heterocycles. The Bertz CT molecular complexity index is 227. The molecular weight excluding hydrogens is 124 g/mol. The molecule has 0 aliphatic heterocycles. The lowest BCUT2D eigenvalue weighted by molar-refractivity contribution is -0.685. The third-order valence-corrected chi connectivity index (χ3v) is 1.96. The fourth-order valence-corrected chi connectivity index (χ4v) is 0.822. The zero-order chi connectivity index (χ0) is 7.72. The third kappa shape index (κ3) is 1.01. The van der Waals surface area contributed by atoms with Gasteiger partial charge in [-0.05, 0) is 19.5 Å². The van der Waals surface area contributed by atoms with Crippen LogP contribution in [-0.2, 0) is 7.05 Å². The van der Waals surface area contributed by atoms with Crippen molar-refractivity contribution in [3.8, 4) is 0 Å². The van der Waals surface area contributed by atoms with Crippen molar-refractivity contribution in [2.75, 3.05) is 0 Å². The van der Waals surface area contributed by atoms with Crippen LogP contribution in [0.1, 0.15) is 17.0 Å². The first-order valence-electron chi connectivity index (χ1n) is 3.34. The van der Waals surface area contributed by atoms with E-state index in [0.717, 1.165) is 5.69 Å². The first-order chi connectivity index (χ1) is 4.63. The Balaban J connectivity index is 3.34. The normalized spacial score (nSPS) is 10.0. The quantitative estimate of drug-likeness (QED) is 0.377. The van der Waals surface area contributed by atoms with Gasteiger partial charge in [0.25, 0.3) is 0 Å². The fourth-order valence-electron chi connectivity index (χ4n) is 0.822. The minimum absolute atomic E-state index is 1.07. The van der Waals surface area contributed by atoms with Gasteiger partial charge in [0.15, 0.2) is 0 Å². The second-order valence-corrected chi connectivity index (χ2v) is 2.57. The maximum absolute atomic E-state index is 4.08. The van der Waals surface area contributed by atoms with E-state index in [9.17, 15) is 0 Å². The summed E-state index contributed by atoms with van der Waals surface area (Å²) in [6.07, 6.45) is 2.88. The van der Waals surface area contributed by atoms with E-state index in [0.29, 0.717) is 0 Å². The van der Waals surface area contributed by atoms with Crippen molar-refractivity contribution in [3.63, 3.8) is 0 Å². The van der Waals surface area contributed by atoms with Crippen LogP contribution in [0.25, 0.3) is 0 Å². The summed E-state index contributed by atoms with van der Waals surface area (Å²) >= 11 is 0. The summed E-state index contributed by atoms with van der Waals surface area (Å²) in [5.41, 5.74) is 3.55. The first-order valence-corrected chi connectivity index (χ1v) is 3.34. The van der Waals surface area contributed by atoms with Crippen molar-refractivity contribution in [1.29, 1.82) is 0 Å². The van der Waals surface area contributed by atoms with E-state index in [1.54, 1.807) is 0 Å². The molecule has 54 valence electrons. The minimum Gasteiger partial charge on any atom is -0.341 e. The average molecular weight is 136 g/mol. The summed E-state index contributed by atoms with van der Waals surface area (Å²) in [7, 11) is 1.95. The molecule has 1 aromatic heterocycles. The highest BCUT2D eigenvalue weighted by molar-refractivity contribution is 5.16. The van der Waals surface area contributed by atoms with Gasteiger partial charge in [0.1, 0.15) is 0 Å². The van der Waals surface area contributed by atoms with Crippen molar-refractivity contribution in [2.45, 2.75) is 20.8 Å². The van der Waals surface area contributed by atoms with Gasteiger partial charge >= 0.3 is 0 Å². The van der Waals surface area contributed by atoms with Gasteiger partial charge in [-0.15, -0.1) is 0 Å². The Labute approximate surface area is 61.5 Å². The summed E-state index contributed by atoms with van der Waals surface area (Å²) in [5.74, 6) is 0. The van der Waals surface area contributed by atoms with Crippen molar-refractivity contribution in [2.24, 2.45) is 7.05 Å². The van der Waals surface area contributed by atoms with E-state index >= 15 is 0 Å². The molecule has 0 N–H and O–H groups in total. The molecular formula is C8H12N2. The Morgan fingerprint density at radius 1 is 1.30 bits per heavy atom. The number of aromatic nitrogens is 2. The van der Waals surface area contributed by atoms with E-state index in [2.05, 4.69) is 25.2 Å². The Morgan fingerprint density at radius 3 is 2.40 bits per heavy atom. The highest BCUT2D eigenvalue weighted by atomic mass is 15.0. The van der Waals surface area contributed by atoms with Crippen LogP contribution in [0.2, 0.25) is 0 Å².